The van der Waals surface area contributed by atoms with Crippen molar-refractivity contribution in [3.63, 3.8) is 0 Å². The first-order valence-corrected chi connectivity index (χ1v) is 17.1. The number of piperazine rings is 1. The number of unbranched alkanes of at least 4 members (excludes halogenated alkanes) is 2. The van der Waals surface area contributed by atoms with Gasteiger partial charge in [0.15, 0.2) is 0 Å². The van der Waals surface area contributed by atoms with Crippen molar-refractivity contribution in [1.29, 1.82) is 0 Å². The minimum atomic E-state index is -1.13. The van der Waals surface area contributed by atoms with Gasteiger partial charge in [-0.3, -0.25) is 14.4 Å². The zero-order valence-corrected chi connectivity index (χ0v) is 28.3. The topological polar surface area (TPSA) is 168 Å². The second kappa shape index (κ2) is 18.6. The molecule has 3 heterocycles. The average molecular weight is 682 g/mol. The first-order chi connectivity index (χ1) is 23.7. The van der Waals surface area contributed by atoms with E-state index in [1.807, 2.05) is 30.3 Å². The summed E-state index contributed by atoms with van der Waals surface area (Å²) in [4.78, 5) is 72.7. The number of carboxylic acids is 1. The molecule has 4 amide bonds. The molecule has 2 aliphatic rings. The number of aliphatic carboxylic acids is 1. The maximum atomic E-state index is 13.7. The van der Waals surface area contributed by atoms with E-state index in [0.717, 1.165) is 24.8 Å². The van der Waals surface area contributed by atoms with Crippen molar-refractivity contribution in [3.05, 3.63) is 48.2 Å². The van der Waals surface area contributed by atoms with Crippen molar-refractivity contribution >= 4 is 30.0 Å². The summed E-state index contributed by atoms with van der Waals surface area (Å²) in [7, 11) is 0. The van der Waals surface area contributed by atoms with E-state index in [-0.39, 0.29) is 56.9 Å². The highest BCUT2D eigenvalue weighted by Gasteiger charge is 2.32. The Balaban J connectivity index is 1.46. The number of carboxylic acid groups (broad SMARTS) is 1. The molecule has 2 N–H and O–H groups in total. The van der Waals surface area contributed by atoms with Gasteiger partial charge in [-0.05, 0) is 19.8 Å². The fourth-order valence-electron chi connectivity index (χ4n) is 5.70. The number of likely N-dealkylation sites (tertiary alicyclic amines) is 1. The highest BCUT2D eigenvalue weighted by molar-refractivity contribution is 5.97. The van der Waals surface area contributed by atoms with Crippen LogP contribution in [0.15, 0.2) is 42.5 Å². The summed E-state index contributed by atoms with van der Waals surface area (Å²) >= 11 is 0. The number of amides is 4. The third-order valence-corrected chi connectivity index (χ3v) is 8.45. The molecule has 14 heteroatoms. The Bertz CT molecular complexity index is 1420. The molecule has 49 heavy (non-hydrogen) atoms. The molecular weight excluding hydrogens is 634 g/mol. The Morgan fingerprint density at radius 1 is 0.878 bits per heavy atom. The van der Waals surface area contributed by atoms with Gasteiger partial charge in [0.2, 0.25) is 5.91 Å². The first-order valence-electron chi connectivity index (χ1n) is 17.1. The number of carbonyl (C=O) groups is 5. The third kappa shape index (κ3) is 11.1. The van der Waals surface area contributed by atoms with Crippen LogP contribution in [-0.4, -0.2) is 119 Å². The van der Waals surface area contributed by atoms with Crippen LogP contribution in [0.4, 0.5) is 9.59 Å². The zero-order chi connectivity index (χ0) is 35.2. The van der Waals surface area contributed by atoms with E-state index >= 15 is 0 Å². The fourth-order valence-corrected chi connectivity index (χ4v) is 5.70. The Morgan fingerprint density at radius 3 is 2.18 bits per heavy atom. The molecular formula is C35H47N5O9. The van der Waals surface area contributed by atoms with E-state index in [4.69, 9.17) is 14.2 Å². The smallest absolute Gasteiger partial charge is 0.409 e. The van der Waals surface area contributed by atoms with Crippen LogP contribution in [0, 0.1) is 0 Å². The number of benzene rings is 1. The molecule has 0 radical (unpaired) electrons. The van der Waals surface area contributed by atoms with E-state index in [1.165, 1.54) is 11.0 Å². The van der Waals surface area contributed by atoms with Gasteiger partial charge in [0, 0.05) is 76.2 Å². The monoisotopic (exact) mass is 681 g/mol. The van der Waals surface area contributed by atoms with E-state index < -0.39 is 29.9 Å². The van der Waals surface area contributed by atoms with Crippen molar-refractivity contribution in [1.82, 2.24) is 25.0 Å². The lowest BCUT2D eigenvalue weighted by molar-refractivity contribution is -0.138. The summed E-state index contributed by atoms with van der Waals surface area (Å²) in [5.74, 6) is -1.79. The van der Waals surface area contributed by atoms with Crippen LogP contribution in [0.2, 0.25) is 0 Å². The lowest BCUT2D eigenvalue weighted by atomic mass is 10.1. The fraction of sp³-hybridized carbons (Fsp3) is 0.543. The minimum absolute atomic E-state index is 0.00377. The summed E-state index contributed by atoms with van der Waals surface area (Å²) < 4.78 is 16.7. The molecule has 14 nitrogen and oxygen atoms in total. The standard InChI is InChI=1S/C35H47N5O9/c1-3-5-9-22-48-35(46)40-20-18-38(19-21-40)33(44)28(12-13-31(41)42)37-32(43)30-24-27(23-29(36-30)25-10-7-6-8-11-25)49-26-14-16-39(17-15-26)34(45)47-4-2/h6-8,10-11,23-24,26,28H,3-5,9,12-22H2,1-2H3,(H,37,43)(H,41,42)/t28-/m0/s1. The van der Waals surface area contributed by atoms with Crippen LogP contribution in [0.5, 0.6) is 5.75 Å². The van der Waals surface area contributed by atoms with Gasteiger partial charge in [0.1, 0.15) is 23.6 Å². The number of ether oxygens (including phenoxy) is 3. The normalized spacial score (nSPS) is 15.7. The third-order valence-electron chi connectivity index (χ3n) is 8.45. The minimum Gasteiger partial charge on any atom is -0.490 e. The van der Waals surface area contributed by atoms with Crippen LogP contribution in [0.3, 0.4) is 0 Å². The number of aromatic nitrogens is 1. The number of nitrogens with zero attached hydrogens (tertiary/aromatic N) is 4. The predicted octanol–water partition coefficient (Wildman–Crippen LogP) is 4.18. The van der Waals surface area contributed by atoms with Crippen LogP contribution < -0.4 is 10.1 Å². The molecule has 2 saturated heterocycles. The average Bonchev–Trinajstić information content (AvgIpc) is 3.12. The number of hydrogen-bond acceptors (Lipinski definition) is 9. The number of hydrogen-bond donors (Lipinski definition) is 2. The predicted molar refractivity (Wildman–Crippen MR) is 179 cm³/mol. The molecule has 1 aromatic carbocycles. The Morgan fingerprint density at radius 2 is 1.53 bits per heavy atom. The van der Waals surface area contributed by atoms with Crippen LogP contribution >= 0.6 is 0 Å². The van der Waals surface area contributed by atoms with E-state index in [9.17, 15) is 29.1 Å². The molecule has 1 aromatic heterocycles. The second-order valence-corrected chi connectivity index (χ2v) is 12.0. The first kappa shape index (κ1) is 36.9. The van der Waals surface area contributed by atoms with Crippen LogP contribution in [0.25, 0.3) is 11.3 Å². The molecule has 0 aliphatic carbocycles. The molecule has 1 atom stereocenters. The molecule has 0 spiro atoms. The van der Waals surface area contributed by atoms with Gasteiger partial charge in [-0.1, -0.05) is 50.1 Å². The molecule has 2 aliphatic heterocycles. The second-order valence-electron chi connectivity index (χ2n) is 12.0. The number of rotatable bonds is 14. The molecule has 2 aromatic rings. The number of piperidine rings is 1. The summed E-state index contributed by atoms with van der Waals surface area (Å²) in [6.45, 7) is 6.37. The van der Waals surface area contributed by atoms with Gasteiger partial charge in [-0.15, -0.1) is 0 Å². The molecule has 266 valence electrons. The van der Waals surface area contributed by atoms with Gasteiger partial charge in [-0.2, -0.15) is 0 Å². The highest BCUT2D eigenvalue weighted by atomic mass is 16.6. The van der Waals surface area contributed by atoms with Crippen molar-refractivity contribution in [2.24, 2.45) is 0 Å². The Hall–Kier alpha value is -4.88. The van der Waals surface area contributed by atoms with Gasteiger partial charge < -0.3 is 39.3 Å². The summed E-state index contributed by atoms with van der Waals surface area (Å²) in [6, 6.07) is 11.4. The van der Waals surface area contributed by atoms with E-state index in [0.29, 0.717) is 50.6 Å². The molecule has 0 saturated carbocycles. The van der Waals surface area contributed by atoms with Crippen LogP contribution in [-0.2, 0) is 19.1 Å². The molecule has 2 fully saturated rings. The summed E-state index contributed by atoms with van der Waals surface area (Å²) in [5, 5.41) is 12.1. The Kier molecular flexibility index (Phi) is 14.0. The Labute approximate surface area is 286 Å². The quantitative estimate of drug-likeness (QED) is 0.276. The SMILES string of the molecule is CCCCCOC(=O)N1CCN(C(=O)[C@H](CCC(=O)O)NC(=O)c2cc(OC3CCN(C(=O)OCC)CC3)cc(-c3ccccc3)n2)CC1. The van der Waals surface area contributed by atoms with Crippen LogP contribution in [0.1, 0.15) is 69.3 Å². The molecule has 0 bridgehead atoms. The van der Waals surface area contributed by atoms with Crippen molar-refractivity contribution in [2.45, 2.75) is 70.9 Å². The van der Waals surface area contributed by atoms with E-state index in [2.05, 4.69) is 17.2 Å². The molecule has 0 unspecified atom stereocenters. The highest BCUT2D eigenvalue weighted by Crippen LogP contribution is 2.26. The van der Waals surface area contributed by atoms with Crippen molar-refractivity contribution in [3.8, 4) is 17.0 Å². The van der Waals surface area contributed by atoms with Gasteiger partial charge in [-0.25, -0.2) is 14.6 Å². The number of carbonyl (C=O) groups excluding carboxylic acids is 4. The van der Waals surface area contributed by atoms with Crippen molar-refractivity contribution in [2.75, 3.05) is 52.5 Å². The number of pyridine rings is 1. The summed E-state index contributed by atoms with van der Waals surface area (Å²) in [6.07, 6.45) is 2.45. The number of nitrogens with one attached hydrogen (secondary N) is 1. The lowest BCUT2D eigenvalue weighted by Crippen LogP contribution is -2.56. The zero-order valence-electron chi connectivity index (χ0n) is 28.3. The molecule has 4 rings (SSSR count). The van der Waals surface area contributed by atoms with Gasteiger partial charge >= 0.3 is 18.2 Å². The largest absolute Gasteiger partial charge is 0.490 e. The maximum absolute atomic E-state index is 13.7. The van der Waals surface area contributed by atoms with Crippen molar-refractivity contribution < 1.29 is 43.3 Å². The maximum Gasteiger partial charge on any atom is 0.409 e. The van der Waals surface area contributed by atoms with E-state index in [1.54, 1.807) is 22.8 Å². The van der Waals surface area contributed by atoms with Gasteiger partial charge in [0.25, 0.3) is 5.91 Å². The summed E-state index contributed by atoms with van der Waals surface area (Å²) in [5.41, 5.74) is 1.24. The van der Waals surface area contributed by atoms with Gasteiger partial charge in [0.05, 0.1) is 18.9 Å². The lowest BCUT2D eigenvalue weighted by Gasteiger charge is -2.36.